The lowest BCUT2D eigenvalue weighted by Gasteiger charge is -2.32. The zero-order valence-electron chi connectivity index (χ0n) is 11.9. The molecule has 0 spiro atoms. The zero-order valence-corrected chi connectivity index (χ0v) is 12.8. The van der Waals surface area contributed by atoms with E-state index in [0.29, 0.717) is 37.6 Å². The molecule has 0 aromatic heterocycles. The van der Waals surface area contributed by atoms with Crippen molar-refractivity contribution < 1.29 is 13.2 Å². The number of hydrogen-bond donors (Lipinski definition) is 2. The molecule has 0 bridgehead atoms. The quantitative estimate of drug-likeness (QED) is 0.750. The number of amides is 1. The van der Waals surface area contributed by atoms with Crippen molar-refractivity contribution in [1.29, 1.82) is 0 Å². The number of hydrogen-bond acceptors (Lipinski definition) is 5. The maximum Gasteiger partial charge on any atom is 0.238 e. The van der Waals surface area contributed by atoms with E-state index >= 15 is 0 Å². The van der Waals surface area contributed by atoms with E-state index < -0.39 is 10.0 Å². The van der Waals surface area contributed by atoms with Gasteiger partial charge in [0, 0.05) is 26.2 Å². The molecule has 116 valence electrons. The van der Waals surface area contributed by atoms with Crippen LogP contribution in [-0.2, 0) is 14.8 Å². The number of para-hydroxylation sites is 2. The number of benzene rings is 1. The van der Waals surface area contributed by atoms with E-state index in [1.54, 1.807) is 24.3 Å². The molecule has 7 nitrogen and oxygen atoms in total. The summed E-state index contributed by atoms with van der Waals surface area (Å²) >= 11 is 0. The Labute approximate surface area is 124 Å². The minimum atomic E-state index is -3.14. The third-order valence-electron chi connectivity index (χ3n) is 3.40. The van der Waals surface area contributed by atoms with Crippen molar-refractivity contribution >= 4 is 27.3 Å². The van der Waals surface area contributed by atoms with Crippen molar-refractivity contribution in [3.63, 3.8) is 0 Å². The molecule has 1 aromatic rings. The van der Waals surface area contributed by atoms with Gasteiger partial charge in [-0.25, -0.2) is 8.42 Å². The summed E-state index contributed by atoms with van der Waals surface area (Å²) in [6.07, 6.45) is 1.20. The van der Waals surface area contributed by atoms with Crippen LogP contribution < -0.4 is 11.1 Å². The molecule has 3 N–H and O–H groups in total. The lowest BCUT2D eigenvalue weighted by Crippen LogP contribution is -2.50. The Balaban J connectivity index is 1.84. The van der Waals surface area contributed by atoms with Gasteiger partial charge in [-0.3, -0.25) is 9.69 Å². The van der Waals surface area contributed by atoms with Gasteiger partial charge in [0.1, 0.15) is 0 Å². The van der Waals surface area contributed by atoms with Gasteiger partial charge in [-0.15, -0.1) is 0 Å². The molecule has 8 heteroatoms. The predicted octanol–water partition coefficient (Wildman–Crippen LogP) is -0.215. The number of carbonyl (C=O) groups is 1. The monoisotopic (exact) mass is 312 g/mol. The minimum absolute atomic E-state index is 0.152. The second-order valence-electron chi connectivity index (χ2n) is 5.07. The molecule has 21 heavy (non-hydrogen) atoms. The summed E-state index contributed by atoms with van der Waals surface area (Å²) in [4.78, 5) is 13.9. The van der Waals surface area contributed by atoms with Crippen molar-refractivity contribution in [2.45, 2.75) is 0 Å². The van der Waals surface area contributed by atoms with Gasteiger partial charge in [0.05, 0.1) is 24.2 Å². The molecule has 2 rings (SSSR count). The molecule has 0 radical (unpaired) electrons. The van der Waals surface area contributed by atoms with Crippen molar-refractivity contribution in [3.8, 4) is 0 Å². The third-order valence-corrected chi connectivity index (χ3v) is 4.71. The first kappa shape index (κ1) is 15.7. The highest BCUT2D eigenvalue weighted by Gasteiger charge is 2.24. The Morgan fingerprint density at radius 2 is 1.86 bits per heavy atom. The first-order chi connectivity index (χ1) is 9.86. The second-order valence-corrected chi connectivity index (χ2v) is 7.06. The average Bonchev–Trinajstić information content (AvgIpc) is 2.41. The van der Waals surface area contributed by atoms with Crippen LogP contribution in [0.3, 0.4) is 0 Å². The first-order valence-corrected chi connectivity index (χ1v) is 8.53. The smallest absolute Gasteiger partial charge is 0.238 e. The van der Waals surface area contributed by atoms with E-state index in [1.165, 1.54) is 10.6 Å². The summed E-state index contributed by atoms with van der Waals surface area (Å²) in [5, 5.41) is 2.76. The topological polar surface area (TPSA) is 95.7 Å². The number of anilines is 2. The SMILES string of the molecule is CS(=O)(=O)N1CCN(CC(=O)Nc2ccccc2N)CC1. The maximum atomic E-state index is 12.0. The van der Waals surface area contributed by atoms with Crippen molar-refractivity contribution in [2.24, 2.45) is 0 Å². The number of nitrogens with two attached hydrogens (primary N) is 1. The average molecular weight is 312 g/mol. The highest BCUT2D eigenvalue weighted by molar-refractivity contribution is 7.88. The van der Waals surface area contributed by atoms with E-state index in [2.05, 4.69) is 5.32 Å². The molecule has 1 heterocycles. The fourth-order valence-electron chi connectivity index (χ4n) is 2.22. The van der Waals surface area contributed by atoms with E-state index in [-0.39, 0.29) is 12.5 Å². The number of nitrogens with zero attached hydrogens (tertiary/aromatic N) is 2. The summed E-state index contributed by atoms with van der Waals surface area (Å²) in [7, 11) is -3.14. The van der Waals surface area contributed by atoms with Gasteiger partial charge in [0.25, 0.3) is 0 Å². The predicted molar refractivity (Wildman–Crippen MR) is 82.3 cm³/mol. The third kappa shape index (κ3) is 4.42. The van der Waals surface area contributed by atoms with Crippen LogP contribution in [0, 0.1) is 0 Å². The molecule has 1 saturated heterocycles. The van der Waals surface area contributed by atoms with Crippen LogP contribution in [0.15, 0.2) is 24.3 Å². The summed E-state index contributed by atoms with van der Waals surface area (Å²) in [5.74, 6) is -0.152. The second kappa shape index (κ2) is 6.42. The van der Waals surface area contributed by atoms with Crippen molar-refractivity contribution in [2.75, 3.05) is 50.0 Å². The Morgan fingerprint density at radius 3 is 2.43 bits per heavy atom. The molecule has 1 aliphatic rings. The molecule has 0 atom stereocenters. The summed E-state index contributed by atoms with van der Waals surface area (Å²) in [6.45, 7) is 2.15. The fraction of sp³-hybridized carbons (Fsp3) is 0.462. The van der Waals surface area contributed by atoms with E-state index in [9.17, 15) is 13.2 Å². The molecular formula is C13H20N4O3S. The lowest BCUT2D eigenvalue weighted by molar-refractivity contribution is -0.117. The van der Waals surface area contributed by atoms with E-state index in [4.69, 9.17) is 5.73 Å². The van der Waals surface area contributed by atoms with Gasteiger partial charge in [0.15, 0.2) is 0 Å². The molecule has 1 aliphatic heterocycles. The normalized spacial score (nSPS) is 17.6. The van der Waals surface area contributed by atoms with Gasteiger partial charge in [-0.1, -0.05) is 12.1 Å². The number of nitrogen functional groups attached to an aromatic ring is 1. The number of piperazine rings is 1. The largest absolute Gasteiger partial charge is 0.397 e. The van der Waals surface area contributed by atoms with Gasteiger partial charge < -0.3 is 11.1 Å². The van der Waals surface area contributed by atoms with Crippen LogP contribution in [0.5, 0.6) is 0 Å². The number of rotatable bonds is 4. The highest BCUT2D eigenvalue weighted by Crippen LogP contribution is 2.16. The molecular weight excluding hydrogens is 292 g/mol. The Kier molecular flexibility index (Phi) is 4.81. The number of nitrogens with one attached hydrogen (secondary N) is 1. The van der Waals surface area contributed by atoms with Crippen LogP contribution in [0.2, 0.25) is 0 Å². The van der Waals surface area contributed by atoms with Gasteiger partial charge >= 0.3 is 0 Å². The standard InChI is InChI=1S/C13H20N4O3S/c1-21(19,20)17-8-6-16(7-9-17)10-13(18)15-12-5-3-2-4-11(12)14/h2-5H,6-10,14H2,1H3,(H,15,18). The number of sulfonamides is 1. The van der Waals surface area contributed by atoms with Gasteiger partial charge in [-0.05, 0) is 12.1 Å². The molecule has 0 unspecified atom stereocenters. The van der Waals surface area contributed by atoms with E-state index in [1.807, 2.05) is 4.90 Å². The Bertz CT molecular complexity index is 610. The van der Waals surface area contributed by atoms with Crippen LogP contribution >= 0.6 is 0 Å². The molecule has 1 amide bonds. The molecule has 0 saturated carbocycles. The maximum absolute atomic E-state index is 12.0. The minimum Gasteiger partial charge on any atom is -0.397 e. The van der Waals surface area contributed by atoms with Crippen LogP contribution in [0.4, 0.5) is 11.4 Å². The Morgan fingerprint density at radius 1 is 1.24 bits per heavy atom. The first-order valence-electron chi connectivity index (χ1n) is 6.68. The summed E-state index contributed by atoms with van der Waals surface area (Å²) in [6, 6.07) is 7.07. The Hall–Kier alpha value is -1.64. The summed E-state index contributed by atoms with van der Waals surface area (Å²) < 4.78 is 24.2. The zero-order chi connectivity index (χ0) is 15.5. The highest BCUT2D eigenvalue weighted by atomic mass is 32.2. The molecule has 1 aromatic carbocycles. The van der Waals surface area contributed by atoms with Crippen molar-refractivity contribution in [1.82, 2.24) is 9.21 Å². The van der Waals surface area contributed by atoms with Gasteiger partial charge in [-0.2, -0.15) is 4.31 Å². The van der Waals surface area contributed by atoms with E-state index in [0.717, 1.165) is 0 Å². The van der Waals surface area contributed by atoms with Crippen LogP contribution in [0.25, 0.3) is 0 Å². The molecule has 0 aliphatic carbocycles. The van der Waals surface area contributed by atoms with Crippen LogP contribution in [-0.4, -0.2) is 62.5 Å². The fourth-order valence-corrected chi connectivity index (χ4v) is 3.05. The lowest BCUT2D eigenvalue weighted by atomic mass is 10.2. The van der Waals surface area contributed by atoms with Gasteiger partial charge in [0.2, 0.25) is 15.9 Å². The van der Waals surface area contributed by atoms with Crippen molar-refractivity contribution in [3.05, 3.63) is 24.3 Å². The molecule has 1 fully saturated rings. The van der Waals surface area contributed by atoms with Crippen LogP contribution in [0.1, 0.15) is 0 Å². The number of carbonyl (C=O) groups excluding carboxylic acids is 1. The summed E-state index contributed by atoms with van der Waals surface area (Å²) in [5.41, 5.74) is 6.88.